The highest BCUT2D eigenvalue weighted by Gasteiger charge is 2.36. The molecule has 0 saturated carbocycles. The molecule has 130 valence electrons. The molecule has 2 aliphatic heterocycles. The largest absolute Gasteiger partial charge is 0.312 e. The van der Waals surface area contributed by atoms with Crippen LogP contribution in [0.3, 0.4) is 0 Å². The Morgan fingerprint density at radius 2 is 2.12 bits per heavy atom. The van der Waals surface area contributed by atoms with Gasteiger partial charge in [-0.15, -0.1) is 10.2 Å². The van der Waals surface area contributed by atoms with Crippen LogP contribution in [0.15, 0.2) is 23.4 Å². The zero-order valence-corrected chi connectivity index (χ0v) is 15.0. The molecule has 1 N–H and O–H groups in total. The van der Waals surface area contributed by atoms with Crippen molar-refractivity contribution >= 4 is 35.2 Å². The van der Waals surface area contributed by atoms with Crippen LogP contribution in [0.2, 0.25) is 0 Å². The maximum atomic E-state index is 12.6. The highest BCUT2D eigenvalue weighted by atomic mass is 32.2. The maximum Gasteiger partial charge on any atom is 0.232 e. The molecule has 1 fully saturated rings. The predicted octanol–water partition coefficient (Wildman–Crippen LogP) is 1.99. The first-order chi connectivity index (χ1) is 12.0. The molecule has 2 amide bonds. The molecule has 2 aromatic rings. The molecule has 1 saturated heterocycles. The number of aromatic nitrogens is 3. The van der Waals surface area contributed by atoms with Gasteiger partial charge < -0.3 is 4.90 Å². The number of aryl methyl sites for hydroxylation is 2. The quantitative estimate of drug-likeness (QED) is 0.909. The second-order valence-electron chi connectivity index (χ2n) is 6.47. The number of nitrogens with zero attached hydrogens (tertiary/aromatic N) is 4. The van der Waals surface area contributed by atoms with E-state index < -0.39 is 0 Å². The van der Waals surface area contributed by atoms with Gasteiger partial charge in [-0.05, 0) is 37.1 Å². The monoisotopic (exact) mass is 357 g/mol. The van der Waals surface area contributed by atoms with E-state index in [0.29, 0.717) is 12.5 Å². The van der Waals surface area contributed by atoms with Crippen molar-refractivity contribution in [3.05, 3.63) is 29.3 Å². The van der Waals surface area contributed by atoms with Gasteiger partial charge in [0.05, 0.1) is 5.92 Å². The molecule has 4 rings (SSSR count). The molecule has 2 aliphatic rings. The van der Waals surface area contributed by atoms with Crippen LogP contribution in [-0.4, -0.2) is 38.9 Å². The Bertz CT molecular complexity index is 863. The van der Waals surface area contributed by atoms with E-state index in [1.807, 2.05) is 36.6 Å². The minimum absolute atomic E-state index is 0.0227. The van der Waals surface area contributed by atoms with Gasteiger partial charge in [0.15, 0.2) is 5.16 Å². The summed E-state index contributed by atoms with van der Waals surface area (Å²) in [4.78, 5) is 26.7. The molecule has 0 bridgehead atoms. The molecule has 0 spiro atoms. The van der Waals surface area contributed by atoms with Crippen molar-refractivity contribution in [2.24, 2.45) is 5.92 Å². The number of nitrogens with one attached hydrogen (secondary N) is 1. The Morgan fingerprint density at radius 1 is 1.28 bits per heavy atom. The van der Waals surface area contributed by atoms with Gasteiger partial charge in [-0.3, -0.25) is 19.5 Å². The molecule has 7 nitrogen and oxygen atoms in total. The van der Waals surface area contributed by atoms with E-state index in [1.165, 1.54) is 5.56 Å². The van der Waals surface area contributed by atoms with E-state index in [4.69, 9.17) is 0 Å². The van der Waals surface area contributed by atoms with Crippen molar-refractivity contribution in [3.63, 3.8) is 0 Å². The van der Waals surface area contributed by atoms with Gasteiger partial charge in [0.25, 0.3) is 0 Å². The van der Waals surface area contributed by atoms with Crippen LogP contribution < -0.4 is 10.2 Å². The summed E-state index contributed by atoms with van der Waals surface area (Å²) in [6, 6.07) is 5.93. The van der Waals surface area contributed by atoms with Gasteiger partial charge in [0.1, 0.15) is 0 Å². The van der Waals surface area contributed by atoms with Crippen LogP contribution in [0.4, 0.5) is 11.6 Å². The third-order valence-corrected chi connectivity index (χ3v) is 5.74. The molecule has 8 heteroatoms. The second-order valence-corrected chi connectivity index (χ2v) is 7.53. The number of amides is 2. The number of thioether (sulfide) groups is 1. The lowest BCUT2D eigenvalue weighted by Gasteiger charge is -2.18. The average Bonchev–Trinajstić information content (AvgIpc) is 3.27. The topological polar surface area (TPSA) is 80.1 Å². The van der Waals surface area contributed by atoms with Crippen molar-refractivity contribution in [2.75, 3.05) is 22.5 Å². The number of hydrogen-bond donors (Lipinski definition) is 1. The van der Waals surface area contributed by atoms with Crippen LogP contribution in [0.1, 0.15) is 17.5 Å². The highest BCUT2D eigenvalue weighted by Crippen LogP contribution is 2.29. The first kappa shape index (κ1) is 16.1. The Balaban J connectivity index is 1.47. The Kier molecular flexibility index (Phi) is 3.99. The number of carbonyl (C=O) groups excluding carboxylic acids is 2. The number of hydrogen-bond acceptors (Lipinski definition) is 5. The van der Waals surface area contributed by atoms with Crippen LogP contribution >= 0.6 is 11.8 Å². The van der Waals surface area contributed by atoms with Crippen LogP contribution in [0, 0.1) is 19.8 Å². The molecule has 0 radical (unpaired) electrons. The molecule has 1 aromatic carbocycles. The summed E-state index contributed by atoms with van der Waals surface area (Å²) in [6.07, 6.45) is 0.217. The Labute approximate surface area is 149 Å². The fraction of sp³-hybridized carbons (Fsp3) is 0.412. The summed E-state index contributed by atoms with van der Waals surface area (Å²) in [7, 11) is 0. The number of benzene rings is 1. The van der Waals surface area contributed by atoms with Gasteiger partial charge in [0, 0.05) is 31.0 Å². The second kappa shape index (κ2) is 6.18. The molecule has 25 heavy (non-hydrogen) atoms. The fourth-order valence-corrected chi connectivity index (χ4v) is 4.04. The van der Waals surface area contributed by atoms with Gasteiger partial charge >= 0.3 is 0 Å². The minimum Gasteiger partial charge on any atom is -0.312 e. The molecular weight excluding hydrogens is 338 g/mol. The summed E-state index contributed by atoms with van der Waals surface area (Å²) in [5.41, 5.74) is 3.17. The third-order valence-electron chi connectivity index (χ3n) is 4.80. The Hall–Kier alpha value is -2.35. The van der Waals surface area contributed by atoms with E-state index in [2.05, 4.69) is 15.5 Å². The summed E-state index contributed by atoms with van der Waals surface area (Å²) in [5, 5.41) is 11.7. The van der Waals surface area contributed by atoms with Gasteiger partial charge in [-0.1, -0.05) is 17.8 Å². The van der Waals surface area contributed by atoms with E-state index in [0.717, 1.165) is 28.7 Å². The minimum atomic E-state index is -0.379. The van der Waals surface area contributed by atoms with Crippen molar-refractivity contribution in [2.45, 2.75) is 32.0 Å². The van der Waals surface area contributed by atoms with Crippen LogP contribution in [-0.2, 0) is 16.1 Å². The van der Waals surface area contributed by atoms with Crippen molar-refractivity contribution in [1.82, 2.24) is 14.8 Å². The van der Waals surface area contributed by atoms with Crippen molar-refractivity contribution in [3.8, 4) is 0 Å². The summed E-state index contributed by atoms with van der Waals surface area (Å²) < 4.78 is 1.90. The smallest absolute Gasteiger partial charge is 0.232 e. The lowest BCUT2D eigenvalue weighted by Crippen LogP contribution is -2.29. The first-order valence-corrected chi connectivity index (χ1v) is 9.26. The SMILES string of the molecule is Cc1ccc(N2C[C@@H](C(=O)Nc3nnc4n3CCS4)CC2=O)cc1C. The van der Waals surface area contributed by atoms with Crippen LogP contribution in [0.25, 0.3) is 0 Å². The van der Waals surface area contributed by atoms with E-state index in [1.54, 1.807) is 16.7 Å². The predicted molar refractivity (Wildman–Crippen MR) is 95.8 cm³/mol. The molecular formula is C17H19N5O2S. The standard InChI is InChI=1S/C17H19N5O2S/c1-10-3-4-13(7-11(10)2)22-9-12(8-14(22)23)15(24)18-16-19-20-17-21(16)5-6-25-17/h3-4,7,12H,5-6,8-9H2,1-2H3,(H,18,19,24)/t12-/m0/s1. The third kappa shape index (κ3) is 2.90. The van der Waals surface area contributed by atoms with E-state index in [9.17, 15) is 9.59 Å². The summed E-state index contributed by atoms with van der Waals surface area (Å²) in [6.45, 7) is 5.24. The Morgan fingerprint density at radius 3 is 2.92 bits per heavy atom. The zero-order chi connectivity index (χ0) is 17.6. The van der Waals surface area contributed by atoms with Crippen molar-refractivity contribution in [1.29, 1.82) is 0 Å². The van der Waals surface area contributed by atoms with E-state index in [-0.39, 0.29) is 24.2 Å². The molecule has 0 aliphatic carbocycles. The van der Waals surface area contributed by atoms with Crippen LogP contribution in [0.5, 0.6) is 0 Å². The maximum absolute atomic E-state index is 12.6. The van der Waals surface area contributed by atoms with Gasteiger partial charge in [-0.2, -0.15) is 0 Å². The summed E-state index contributed by atoms with van der Waals surface area (Å²) >= 11 is 1.62. The van der Waals surface area contributed by atoms with E-state index >= 15 is 0 Å². The van der Waals surface area contributed by atoms with Gasteiger partial charge in [0.2, 0.25) is 17.8 Å². The first-order valence-electron chi connectivity index (χ1n) is 8.27. The lowest BCUT2D eigenvalue weighted by atomic mass is 10.1. The lowest BCUT2D eigenvalue weighted by molar-refractivity contribution is -0.122. The summed E-state index contributed by atoms with van der Waals surface area (Å²) in [5.74, 6) is 0.839. The fourth-order valence-electron chi connectivity index (χ4n) is 3.16. The molecule has 1 aromatic heterocycles. The number of carbonyl (C=O) groups is 2. The number of rotatable bonds is 3. The average molecular weight is 357 g/mol. The van der Waals surface area contributed by atoms with Gasteiger partial charge in [-0.25, -0.2) is 0 Å². The normalized spacial score (nSPS) is 19.4. The van der Waals surface area contributed by atoms with Crippen molar-refractivity contribution < 1.29 is 9.59 Å². The molecule has 0 unspecified atom stereocenters. The highest BCUT2D eigenvalue weighted by molar-refractivity contribution is 7.99. The molecule has 3 heterocycles. The zero-order valence-electron chi connectivity index (χ0n) is 14.2. The number of anilines is 2. The molecule has 1 atom stereocenters. The number of fused-ring (bicyclic) bond motifs is 1.